The Morgan fingerprint density at radius 2 is 1.61 bits per heavy atom. The molecule has 0 spiro atoms. The first kappa shape index (κ1) is 19.5. The molecule has 0 atom stereocenters. The van der Waals surface area contributed by atoms with Gasteiger partial charge in [0.15, 0.2) is 0 Å². The molecule has 0 aromatic heterocycles. The van der Waals surface area contributed by atoms with Crippen LogP contribution >= 0.6 is 0 Å². The molecular formula is C22H18F3NO2. The quantitative estimate of drug-likeness (QED) is 0.587. The number of hydrogen-bond donors (Lipinski definition) is 1. The van der Waals surface area contributed by atoms with Gasteiger partial charge in [-0.15, -0.1) is 13.2 Å². The maximum absolute atomic E-state index is 12.8. The third-order valence-corrected chi connectivity index (χ3v) is 4.17. The first-order chi connectivity index (χ1) is 13.2. The van der Waals surface area contributed by atoms with Crippen LogP contribution < -0.4 is 10.1 Å². The second-order valence-corrected chi connectivity index (χ2v) is 6.39. The summed E-state index contributed by atoms with van der Waals surface area (Å²) in [7, 11) is 0. The van der Waals surface area contributed by atoms with Gasteiger partial charge in [0.05, 0.1) is 0 Å². The van der Waals surface area contributed by atoms with Crippen LogP contribution in [-0.2, 0) is 0 Å². The van der Waals surface area contributed by atoms with Crippen LogP contribution in [0.2, 0.25) is 0 Å². The Morgan fingerprint density at radius 1 is 0.929 bits per heavy atom. The molecule has 3 aromatic carbocycles. The molecule has 0 bridgehead atoms. The smallest absolute Gasteiger partial charge is 0.406 e. The van der Waals surface area contributed by atoms with Crippen molar-refractivity contribution in [1.29, 1.82) is 0 Å². The molecule has 1 N–H and O–H groups in total. The summed E-state index contributed by atoms with van der Waals surface area (Å²) in [6, 6.07) is 18.2. The third-order valence-electron chi connectivity index (χ3n) is 4.17. The van der Waals surface area contributed by atoms with E-state index in [4.69, 9.17) is 0 Å². The number of anilines is 1. The fourth-order valence-corrected chi connectivity index (χ4v) is 2.98. The zero-order chi connectivity index (χ0) is 20.3. The summed E-state index contributed by atoms with van der Waals surface area (Å²) >= 11 is 0. The molecule has 0 fully saturated rings. The third kappa shape index (κ3) is 4.71. The van der Waals surface area contributed by atoms with Crippen molar-refractivity contribution in [2.75, 3.05) is 5.32 Å². The van der Waals surface area contributed by atoms with E-state index >= 15 is 0 Å². The molecule has 3 aromatic rings. The fraction of sp³-hybridized carbons (Fsp3) is 0.136. The van der Waals surface area contributed by atoms with Gasteiger partial charge in [-0.25, -0.2) is 0 Å². The van der Waals surface area contributed by atoms with Crippen molar-refractivity contribution in [2.24, 2.45) is 0 Å². The van der Waals surface area contributed by atoms with Gasteiger partial charge in [0, 0.05) is 11.3 Å². The van der Waals surface area contributed by atoms with Gasteiger partial charge in [-0.1, -0.05) is 36.4 Å². The van der Waals surface area contributed by atoms with Crippen molar-refractivity contribution in [3.05, 3.63) is 83.4 Å². The summed E-state index contributed by atoms with van der Waals surface area (Å²) in [4.78, 5) is 12.8. The molecule has 144 valence electrons. The van der Waals surface area contributed by atoms with Crippen LogP contribution in [-0.4, -0.2) is 12.3 Å². The minimum Gasteiger partial charge on any atom is -0.406 e. The first-order valence-corrected chi connectivity index (χ1v) is 8.57. The molecule has 3 nitrogen and oxygen atoms in total. The number of alkyl halides is 3. The van der Waals surface area contributed by atoms with Crippen LogP contribution in [0.4, 0.5) is 18.9 Å². The molecule has 0 saturated heterocycles. The normalized spacial score (nSPS) is 11.2. The molecule has 0 aliphatic rings. The molecule has 6 heteroatoms. The van der Waals surface area contributed by atoms with Gasteiger partial charge in [-0.3, -0.25) is 4.79 Å². The molecular weight excluding hydrogens is 367 g/mol. The predicted molar refractivity (Wildman–Crippen MR) is 102 cm³/mol. The van der Waals surface area contributed by atoms with Crippen molar-refractivity contribution in [3.8, 4) is 16.9 Å². The summed E-state index contributed by atoms with van der Waals surface area (Å²) in [6.45, 7) is 3.78. The molecule has 0 aliphatic carbocycles. The molecule has 0 radical (unpaired) electrons. The van der Waals surface area contributed by atoms with Gasteiger partial charge in [-0.2, -0.15) is 0 Å². The Labute approximate surface area is 160 Å². The van der Waals surface area contributed by atoms with Crippen LogP contribution in [0.25, 0.3) is 11.1 Å². The van der Waals surface area contributed by atoms with Crippen LogP contribution in [0.5, 0.6) is 5.75 Å². The standard InChI is InChI=1S/C22H18F3NO2/c1-14-5-3-7-17(13-14)26-21(27)19-8-4-6-15(2)20(19)16-9-11-18(12-10-16)28-22(23,24)25/h3-13H,1-2H3,(H,26,27). The van der Waals surface area contributed by atoms with Gasteiger partial charge in [0.2, 0.25) is 0 Å². The zero-order valence-electron chi connectivity index (χ0n) is 15.3. The lowest BCUT2D eigenvalue weighted by Crippen LogP contribution is -2.17. The highest BCUT2D eigenvalue weighted by Gasteiger charge is 2.31. The van der Waals surface area contributed by atoms with Gasteiger partial charge >= 0.3 is 6.36 Å². The average Bonchev–Trinajstić information content (AvgIpc) is 2.61. The van der Waals surface area contributed by atoms with E-state index in [0.717, 1.165) is 11.1 Å². The lowest BCUT2D eigenvalue weighted by atomic mass is 9.94. The SMILES string of the molecule is Cc1cccc(NC(=O)c2cccc(C)c2-c2ccc(OC(F)(F)F)cc2)c1. The number of nitrogens with one attached hydrogen (secondary N) is 1. The van der Waals surface area contributed by atoms with Crippen molar-refractivity contribution >= 4 is 11.6 Å². The van der Waals surface area contributed by atoms with Crippen molar-refractivity contribution < 1.29 is 22.7 Å². The number of halogens is 3. The van der Waals surface area contributed by atoms with Crippen LogP contribution in [0, 0.1) is 13.8 Å². The number of carbonyl (C=O) groups is 1. The van der Waals surface area contributed by atoms with Gasteiger partial charge in [0.25, 0.3) is 5.91 Å². The number of amides is 1. The maximum Gasteiger partial charge on any atom is 0.573 e. The summed E-state index contributed by atoms with van der Waals surface area (Å²) in [5.41, 5.74) is 4.24. The molecule has 28 heavy (non-hydrogen) atoms. The number of hydrogen-bond acceptors (Lipinski definition) is 2. The van der Waals surface area contributed by atoms with E-state index in [0.29, 0.717) is 22.4 Å². The Morgan fingerprint density at radius 3 is 2.25 bits per heavy atom. The van der Waals surface area contributed by atoms with Crippen LogP contribution in [0.3, 0.4) is 0 Å². The van der Waals surface area contributed by atoms with Gasteiger partial charge in [-0.05, 0) is 66.4 Å². The molecule has 0 unspecified atom stereocenters. The lowest BCUT2D eigenvalue weighted by Gasteiger charge is -2.14. The van der Waals surface area contributed by atoms with E-state index in [-0.39, 0.29) is 11.7 Å². The number of rotatable bonds is 4. The first-order valence-electron chi connectivity index (χ1n) is 8.57. The summed E-state index contributed by atoms with van der Waals surface area (Å²) in [6.07, 6.45) is -4.75. The minimum absolute atomic E-state index is 0.292. The Kier molecular flexibility index (Phi) is 5.40. The number of benzene rings is 3. The van der Waals surface area contributed by atoms with E-state index in [2.05, 4.69) is 10.1 Å². The lowest BCUT2D eigenvalue weighted by molar-refractivity contribution is -0.274. The fourth-order valence-electron chi connectivity index (χ4n) is 2.98. The second-order valence-electron chi connectivity index (χ2n) is 6.39. The van der Waals surface area contributed by atoms with E-state index in [1.165, 1.54) is 24.3 Å². The molecule has 0 aliphatic heterocycles. The number of carbonyl (C=O) groups excluding carboxylic acids is 1. The van der Waals surface area contributed by atoms with Crippen LogP contribution in [0.1, 0.15) is 21.5 Å². The van der Waals surface area contributed by atoms with Crippen molar-refractivity contribution in [1.82, 2.24) is 0 Å². The summed E-state index contributed by atoms with van der Waals surface area (Å²) in [5, 5.41) is 2.87. The largest absolute Gasteiger partial charge is 0.573 e. The number of ether oxygens (including phenoxy) is 1. The highest BCUT2D eigenvalue weighted by atomic mass is 19.4. The van der Waals surface area contributed by atoms with E-state index in [9.17, 15) is 18.0 Å². The monoisotopic (exact) mass is 385 g/mol. The molecule has 1 amide bonds. The Hall–Kier alpha value is -3.28. The van der Waals surface area contributed by atoms with Crippen molar-refractivity contribution in [3.63, 3.8) is 0 Å². The van der Waals surface area contributed by atoms with E-state index in [1.807, 2.05) is 38.1 Å². The Balaban J connectivity index is 1.93. The maximum atomic E-state index is 12.8. The van der Waals surface area contributed by atoms with Crippen LogP contribution in [0.15, 0.2) is 66.7 Å². The molecule has 0 heterocycles. The minimum atomic E-state index is -4.75. The second kappa shape index (κ2) is 7.76. The number of aryl methyl sites for hydroxylation is 2. The Bertz CT molecular complexity index is 995. The highest BCUT2D eigenvalue weighted by Crippen LogP contribution is 2.31. The summed E-state index contributed by atoms with van der Waals surface area (Å²) in [5.74, 6) is -0.601. The van der Waals surface area contributed by atoms with E-state index in [1.54, 1.807) is 18.2 Å². The summed E-state index contributed by atoms with van der Waals surface area (Å²) < 4.78 is 41.0. The predicted octanol–water partition coefficient (Wildman–Crippen LogP) is 6.12. The van der Waals surface area contributed by atoms with Crippen molar-refractivity contribution in [2.45, 2.75) is 20.2 Å². The zero-order valence-corrected chi connectivity index (χ0v) is 15.3. The van der Waals surface area contributed by atoms with E-state index < -0.39 is 6.36 Å². The van der Waals surface area contributed by atoms with Gasteiger partial charge in [0.1, 0.15) is 5.75 Å². The molecule has 3 rings (SSSR count). The topological polar surface area (TPSA) is 38.3 Å². The highest BCUT2D eigenvalue weighted by molar-refractivity contribution is 6.09. The van der Waals surface area contributed by atoms with Gasteiger partial charge < -0.3 is 10.1 Å². The average molecular weight is 385 g/mol. The molecule has 0 saturated carbocycles.